The zero-order valence-electron chi connectivity index (χ0n) is 21.2. The van der Waals surface area contributed by atoms with E-state index in [2.05, 4.69) is 25.4 Å². The van der Waals surface area contributed by atoms with Crippen LogP contribution >= 0.6 is 0 Å². The number of aromatic amines is 2. The van der Waals surface area contributed by atoms with Crippen LogP contribution in [0, 0.1) is 5.82 Å². The molecule has 8 nitrogen and oxygen atoms in total. The van der Waals surface area contributed by atoms with Gasteiger partial charge in [-0.25, -0.2) is 4.39 Å². The Bertz CT molecular complexity index is 1290. The fourth-order valence-corrected chi connectivity index (χ4v) is 6.83. The summed E-state index contributed by atoms with van der Waals surface area (Å²) in [6.45, 7) is 3.01. The minimum Gasteiger partial charge on any atom is -0.361 e. The van der Waals surface area contributed by atoms with Gasteiger partial charge in [0, 0.05) is 48.1 Å². The first-order valence-electron chi connectivity index (χ1n) is 13.7. The number of carbonyl (C=O) groups excluding carboxylic acids is 2. The molecular formula is C28H35FN6O2. The van der Waals surface area contributed by atoms with Crippen molar-refractivity contribution in [1.29, 1.82) is 0 Å². The SMILES string of the molecule is O=C(CCc1c[nH]c2ccc(F)cc12)Nc1cc(C2CCCCN2C(=O)CC23CCCN2CCC3)[nH]n1. The first kappa shape index (κ1) is 24.2. The van der Waals surface area contributed by atoms with Crippen molar-refractivity contribution >= 4 is 28.5 Å². The number of anilines is 1. The number of amides is 2. The average Bonchev–Trinajstić information content (AvgIpc) is 3.67. The van der Waals surface area contributed by atoms with Gasteiger partial charge in [0.2, 0.25) is 11.8 Å². The van der Waals surface area contributed by atoms with Crippen LogP contribution in [0.4, 0.5) is 10.2 Å². The molecule has 3 aliphatic heterocycles. The molecule has 37 heavy (non-hydrogen) atoms. The third-order valence-electron chi connectivity index (χ3n) is 8.69. The number of carbonyl (C=O) groups is 2. The van der Waals surface area contributed by atoms with Gasteiger partial charge in [0.15, 0.2) is 5.82 Å². The highest BCUT2D eigenvalue weighted by atomic mass is 19.1. The summed E-state index contributed by atoms with van der Waals surface area (Å²) in [6, 6.07) is 6.45. The number of hydrogen-bond donors (Lipinski definition) is 3. The number of likely N-dealkylation sites (tertiary alicyclic amines) is 1. The van der Waals surface area contributed by atoms with E-state index in [-0.39, 0.29) is 35.6 Å². The number of H-pyrrole nitrogens is 2. The van der Waals surface area contributed by atoms with Crippen molar-refractivity contribution in [3.8, 4) is 0 Å². The third-order valence-corrected chi connectivity index (χ3v) is 8.69. The number of benzene rings is 1. The van der Waals surface area contributed by atoms with Crippen molar-refractivity contribution in [2.45, 2.75) is 75.8 Å². The van der Waals surface area contributed by atoms with Crippen LogP contribution in [0.3, 0.4) is 0 Å². The van der Waals surface area contributed by atoms with Gasteiger partial charge in [-0.1, -0.05) is 0 Å². The third kappa shape index (κ3) is 4.77. The molecule has 0 aliphatic carbocycles. The number of nitrogens with zero attached hydrogens (tertiary/aromatic N) is 3. The van der Waals surface area contributed by atoms with Gasteiger partial charge >= 0.3 is 0 Å². The lowest BCUT2D eigenvalue weighted by atomic mass is 9.88. The first-order chi connectivity index (χ1) is 18.0. The maximum atomic E-state index is 13.6. The van der Waals surface area contributed by atoms with Crippen LogP contribution in [0.25, 0.3) is 10.9 Å². The van der Waals surface area contributed by atoms with Crippen LogP contribution in [0.2, 0.25) is 0 Å². The highest BCUT2D eigenvalue weighted by Gasteiger charge is 2.46. The second kappa shape index (κ2) is 9.93. The molecule has 196 valence electrons. The second-order valence-electron chi connectivity index (χ2n) is 11.0. The van der Waals surface area contributed by atoms with Crippen molar-refractivity contribution in [2.24, 2.45) is 0 Å². The van der Waals surface area contributed by atoms with E-state index in [1.807, 2.05) is 17.2 Å². The van der Waals surface area contributed by atoms with Crippen LogP contribution in [-0.2, 0) is 16.0 Å². The lowest BCUT2D eigenvalue weighted by molar-refractivity contribution is -0.137. The van der Waals surface area contributed by atoms with Crippen molar-refractivity contribution in [3.63, 3.8) is 0 Å². The fraction of sp³-hybridized carbons (Fsp3) is 0.536. The topological polar surface area (TPSA) is 97.1 Å². The van der Waals surface area contributed by atoms with Crippen LogP contribution in [-0.4, -0.2) is 62.0 Å². The minimum absolute atomic E-state index is 0.0341. The molecule has 3 saturated heterocycles. The molecule has 1 aromatic carbocycles. The molecule has 0 radical (unpaired) electrons. The fourth-order valence-electron chi connectivity index (χ4n) is 6.83. The molecule has 0 spiro atoms. The van der Waals surface area contributed by atoms with Crippen molar-refractivity contribution < 1.29 is 14.0 Å². The van der Waals surface area contributed by atoms with Gasteiger partial charge in [-0.05, 0) is 88.2 Å². The molecule has 5 heterocycles. The summed E-state index contributed by atoms with van der Waals surface area (Å²) in [5, 5.41) is 11.1. The van der Waals surface area contributed by atoms with Crippen LogP contribution in [0.1, 0.15) is 75.1 Å². The Morgan fingerprint density at radius 3 is 2.78 bits per heavy atom. The Morgan fingerprint density at radius 1 is 1.11 bits per heavy atom. The highest BCUT2D eigenvalue weighted by molar-refractivity contribution is 5.91. The molecule has 0 bridgehead atoms. The van der Waals surface area contributed by atoms with Crippen molar-refractivity contribution in [1.82, 2.24) is 25.0 Å². The minimum atomic E-state index is -0.291. The number of nitrogens with one attached hydrogen (secondary N) is 3. The Balaban J connectivity index is 1.08. The summed E-state index contributed by atoms with van der Waals surface area (Å²) in [4.78, 5) is 33.9. The summed E-state index contributed by atoms with van der Waals surface area (Å²) in [7, 11) is 0. The lowest BCUT2D eigenvalue weighted by Crippen LogP contribution is -2.46. The zero-order chi connectivity index (χ0) is 25.4. The van der Waals surface area contributed by atoms with E-state index < -0.39 is 0 Å². The predicted octanol–water partition coefficient (Wildman–Crippen LogP) is 4.67. The Morgan fingerprint density at radius 2 is 1.95 bits per heavy atom. The molecule has 9 heteroatoms. The van der Waals surface area contributed by atoms with Crippen LogP contribution in [0.5, 0.6) is 0 Å². The molecule has 2 amide bonds. The van der Waals surface area contributed by atoms with E-state index in [1.165, 1.54) is 25.0 Å². The standard InChI is InChI=1S/C28H35FN6O2/c29-20-7-8-22-21(15-20)19(18-30-22)6-9-26(36)31-25-16-23(32-33-25)24-5-1-2-14-35(24)27(37)17-28-10-3-12-34(28)13-4-11-28/h7-8,15-16,18,24,30H,1-6,9-14,17H2,(H2,31,32,33,36). The summed E-state index contributed by atoms with van der Waals surface area (Å²) < 4.78 is 13.6. The summed E-state index contributed by atoms with van der Waals surface area (Å²) in [5.74, 6) is 0.274. The van der Waals surface area contributed by atoms with Crippen molar-refractivity contribution in [2.75, 3.05) is 25.0 Å². The van der Waals surface area contributed by atoms with E-state index in [9.17, 15) is 14.0 Å². The number of piperidine rings is 1. The average molecular weight is 507 g/mol. The Hall–Kier alpha value is -3.20. The summed E-state index contributed by atoms with van der Waals surface area (Å²) in [6.07, 6.45) is 10.8. The predicted molar refractivity (Wildman–Crippen MR) is 139 cm³/mol. The van der Waals surface area contributed by atoms with E-state index in [4.69, 9.17) is 0 Å². The molecule has 3 aromatic rings. The van der Waals surface area contributed by atoms with Gasteiger partial charge in [0.05, 0.1) is 11.7 Å². The maximum Gasteiger partial charge on any atom is 0.225 e. The van der Waals surface area contributed by atoms with E-state index >= 15 is 0 Å². The maximum absolute atomic E-state index is 13.6. The number of aromatic nitrogens is 3. The van der Waals surface area contributed by atoms with Crippen molar-refractivity contribution in [3.05, 3.63) is 47.5 Å². The summed E-state index contributed by atoms with van der Waals surface area (Å²) in [5.41, 5.74) is 2.71. The quantitative estimate of drug-likeness (QED) is 0.434. The van der Waals surface area contributed by atoms with Gasteiger partial charge in [0.25, 0.3) is 0 Å². The van der Waals surface area contributed by atoms with E-state index in [1.54, 1.807) is 6.07 Å². The molecule has 2 aromatic heterocycles. The van der Waals surface area contributed by atoms with Crippen LogP contribution in [0.15, 0.2) is 30.5 Å². The van der Waals surface area contributed by atoms with Gasteiger partial charge in [-0.2, -0.15) is 5.10 Å². The highest BCUT2D eigenvalue weighted by Crippen LogP contribution is 2.43. The Labute approximate surface area is 216 Å². The van der Waals surface area contributed by atoms with Gasteiger partial charge < -0.3 is 15.2 Å². The smallest absolute Gasteiger partial charge is 0.225 e. The number of aryl methyl sites for hydroxylation is 1. The Kier molecular flexibility index (Phi) is 6.48. The normalized spacial score (nSPS) is 21.4. The molecule has 3 fully saturated rings. The zero-order valence-corrected chi connectivity index (χ0v) is 21.2. The van der Waals surface area contributed by atoms with Crippen LogP contribution < -0.4 is 5.32 Å². The molecule has 3 N–H and O–H groups in total. The van der Waals surface area contributed by atoms with E-state index in [0.717, 1.165) is 73.9 Å². The number of fused-ring (bicyclic) bond motifs is 2. The van der Waals surface area contributed by atoms with Gasteiger partial charge in [-0.15, -0.1) is 0 Å². The molecule has 6 rings (SSSR count). The van der Waals surface area contributed by atoms with Gasteiger partial charge in [-0.3, -0.25) is 19.6 Å². The molecule has 1 atom stereocenters. The first-order valence-corrected chi connectivity index (χ1v) is 13.7. The molecule has 3 aliphatic rings. The molecule has 0 saturated carbocycles. The van der Waals surface area contributed by atoms with Gasteiger partial charge in [0.1, 0.15) is 5.82 Å². The molecule has 1 unspecified atom stereocenters. The lowest BCUT2D eigenvalue weighted by Gasteiger charge is -2.39. The number of halogens is 1. The second-order valence-corrected chi connectivity index (χ2v) is 11.0. The number of rotatable bonds is 7. The monoisotopic (exact) mass is 506 g/mol. The molecular weight excluding hydrogens is 471 g/mol. The largest absolute Gasteiger partial charge is 0.361 e. The summed E-state index contributed by atoms with van der Waals surface area (Å²) >= 11 is 0. The van der Waals surface area contributed by atoms with E-state index in [0.29, 0.717) is 18.7 Å². The number of hydrogen-bond acceptors (Lipinski definition) is 4.